The smallest absolute Gasteiger partial charge is 0.0959 e. The zero-order valence-corrected chi connectivity index (χ0v) is 6.91. The highest BCUT2D eigenvalue weighted by Gasteiger charge is 2.23. The molecule has 0 amide bonds. The molecular weight excluding hydrogens is 224 g/mol. The van der Waals surface area contributed by atoms with Crippen LogP contribution < -0.4 is 0 Å². The van der Waals surface area contributed by atoms with E-state index in [9.17, 15) is 0 Å². The lowest BCUT2D eigenvalue weighted by atomic mass is 10.2. The largest absolute Gasteiger partial charge is 0.376 e. The molecule has 3 heteroatoms. The van der Waals surface area contributed by atoms with Gasteiger partial charge in [-0.15, -0.1) is 0 Å². The zero-order chi connectivity index (χ0) is 5.28. The summed E-state index contributed by atoms with van der Waals surface area (Å²) in [4.78, 5) is 0. The van der Waals surface area contributed by atoms with E-state index in [1.165, 1.54) is 6.42 Å². The molecule has 0 aromatic carbocycles. The molecule has 0 aromatic heterocycles. The Morgan fingerprint density at radius 1 is 1.57 bits per heavy atom. The SMILES string of the molecule is BrC(Br)C1CCO1. The van der Waals surface area contributed by atoms with Gasteiger partial charge in [0.15, 0.2) is 0 Å². The van der Waals surface area contributed by atoms with Gasteiger partial charge in [0.1, 0.15) is 0 Å². The first-order chi connectivity index (χ1) is 3.30. The van der Waals surface area contributed by atoms with E-state index in [4.69, 9.17) is 4.74 Å². The third-order valence-corrected chi connectivity index (χ3v) is 2.19. The molecule has 0 radical (unpaired) electrons. The van der Waals surface area contributed by atoms with Crippen LogP contribution in [0.2, 0.25) is 0 Å². The maximum Gasteiger partial charge on any atom is 0.0959 e. The van der Waals surface area contributed by atoms with E-state index in [1.54, 1.807) is 0 Å². The minimum Gasteiger partial charge on any atom is -0.376 e. The van der Waals surface area contributed by atoms with Crippen LogP contribution in [0.25, 0.3) is 0 Å². The predicted molar refractivity (Wildman–Crippen MR) is 36.0 cm³/mol. The number of ether oxygens (including phenoxy) is 1. The molecule has 1 rings (SSSR count). The van der Waals surface area contributed by atoms with Gasteiger partial charge in [-0.3, -0.25) is 0 Å². The maximum atomic E-state index is 5.10. The average Bonchev–Trinajstić information content (AvgIpc) is 1.23. The Bertz CT molecular complexity index is 60.7. The molecule has 0 spiro atoms. The van der Waals surface area contributed by atoms with Gasteiger partial charge < -0.3 is 4.74 Å². The van der Waals surface area contributed by atoms with Crippen LogP contribution >= 0.6 is 31.9 Å². The van der Waals surface area contributed by atoms with Gasteiger partial charge in [0.05, 0.1) is 9.84 Å². The van der Waals surface area contributed by atoms with Crippen LogP contribution in [0.4, 0.5) is 0 Å². The molecule has 1 atom stereocenters. The van der Waals surface area contributed by atoms with E-state index in [1.807, 2.05) is 0 Å². The second-order valence-corrected chi connectivity index (χ2v) is 4.73. The van der Waals surface area contributed by atoms with Crippen molar-refractivity contribution < 1.29 is 4.74 Å². The maximum absolute atomic E-state index is 5.10. The van der Waals surface area contributed by atoms with E-state index in [2.05, 4.69) is 31.9 Å². The first kappa shape index (κ1) is 6.05. The quantitative estimate of drug-likeness (QED) is 0.625. The average molecular weight is 230 g/mol. The normalized spacial score (nSPS) is 30.4. The fourth-order valence-electron chi connectivity index (χ4n) is 0.453. The third-order valence-electron chi connectivity index (χ3n) is 1.02. The van der Waals surface area contributed by atoms with Crippen molar-refractivity contribution in [2.75, 3.05) is 6.61 Å². The van der Waals surface area contributed by atoms with E-state index in [0.29, 0.717) is 9.84 Å². The summed E-state index contributed by atoms with van der Waals surface area (Å²) in [6, 6.07) is 0. The van der Waals surface area contributed by atoms with Crippen molar-refractivity contribution in [3.8, 4) is 0 Å². The number of hydrogen-bond donors (Lipinski definition) is 0. The number of rotatable bonds is 1. The van der Waals surface area contributed by atoms with Crippen molar-refractivity contribution in [1.29, 1.82) is 0 Å². The fourth-order valence-corrected chi connectivity index (χ4v) is 1.29. The molecule has 1 nitrogen and oxygen atoms in total. The highest BCUT2D eigenvalue weighted by atomic mass is 79.9. The summed E-state index contributed by atoms with van der Waals surface area (Å²) in [5.74, 6) is 0. The Morgan fingerprint density at radius 3 is 2.14 bits per heavy atom. The molecule has 1 heterocycles. The highest BCUT2D eigenvalue weighted by molar-refractivity contribution is 9.24. The molecule has 0 bridgehead atoms. The topological polar surface area (TPSA) is 9.23 Å². The zero-order valence-electron chi connectivity index (χ0n) is 3.73. The Kier molecular flexibility index (Phi) is 2.13. The molecular formula is C4H6Br2O. The number of alkyl halides is 2. The summed E-state index contributed by atoms with van der Waals surface area (Å²) >= 11 is 6.69. The van der Waals surface area contributed by atoms with E-state index in [0.717, 1.165) is 6.61 Å². The van der Waals surface area contributed by atoms with Gasteiger partial charge in [-0.05, 0) is 6.42 Å². The Morgan fingerprint density at radius 2 is 2.14 bits per heavy atom. The molecule has 0 aliphatic carbocycles. The number of halogens is 2. The Hall–Kier alpha value is 0.920. The van der Waals surface area contributed by atoms with Crippen molar-refractivity contribution in [2.45, 2.75) is 16.3 Å². The van der Waals surface area contributed by atoms with Crippen LogP contribution in [-0.2, 0) is 4.74 Å². The minimum absolute atomic E-state index is 0.355. The van der Waals surface area contributed by atoms with Crippen LogP contribution in [0.15, 0.2) is 0 Å². The van der Waals surface area contributed by atoms with Crippen molar-refractivity contribution in [3.63, 3.8) is 0 Å². The van der Waals surface area contributed by atoms with Gasteiger partial charge in [0, 0.05) is 6.61 Å². The van der Waals surface area contributed by atoms with E-state index < -0.39 is 0 Å². The van der Waals surface area contributed by atoms with Gasteiger partial charge in [-0.1, -0.05) is 31.9 Å². The first-order valence-corrected chi connectivity index (χ1v) is 4.03. The van der Waals surface area contributed by atoms with Gasteiger partial charge in [-0.25, -0.2) is 0 Å². The van der Waals surface area contributed by atoms with Crippen LogP contribution in [0.3, 0.4) is 0 Å². The second-order valence-electron chi connectivity index (χ2n) is 1.53. The van der Waals surface area contributed by atoms with Crippen LogP contribution in [0, 0.1) is 0 Å². The van der Waals surface area contributed by atoms with Gasteiger partial charge >= 0.3 is 0 Å². The van der Waals surface area contributed by atoms with Crippen molar-refractivity contribution in [2.24, 2.45) is 0 Å². The molecule has 7 heavy (non-hydrogen) atoms. The molecule has 42 valence electrons. The Balaban J connectivity index is 2.14. The molecule has 1 saturated heterocycles. The molecule has 0 saturated carbocycles. The van der Waals surface area contributed by atoms with Crippen LogP contribution in [0.5, 0.6) is 0 Å². The summed E-state index contributed by atoms with van der Waals surface area (Å²) in [7, 11) is 0. The van der Waals surface area contributed by atoms with Gasteiger partial charge in [0.25, 0.3) is 0 Å². The lowest BCUT2D eigenvalue weighted by molar-refractivity contribution is -0.0373. The van der Waals surface area contributed by atoms with E-state index >= 15 is 0 Å². The summed E-state index contributed by atoms with van der Waals surface area (Å²) in [5, 5.41) is 0. The lowest BCUT2D eigenvalue weighted by Gasteiger charge is -2.27. The van der Waals surface area contributed by atoms with Crippen molar-refractivity contribution in [3.05, 3.63) is 0 Å². The lowest BCUT2D eigenvalue weighted by Crippen LogP contribution is -2.31. The molecule has 1 aliphatic heterocycles. The van der Waals surface area contributed by atoms with Crippen molar-refractivity contribution >= 4 is 31.9 Å². The summed E-state index contributed by atoms with van der Waals surface area (Å²) < 4.78 is 5.45. The Labute approximate surface area is 59.7 Å². The fraction of sp³-hybridized carbons (Fsp3) is 1.00. The summed E-state index contributed by atoms with van der Waals surface area (Å²) in [5.41, 5.74) is 0. The van der Waals surface area contributed by atoms with Crippen molar-refractivity contribution in [1.82, 2.24) is 0 Å². The molecule has 0 N–H and O–H groups in total. The molecule has 0 aromatic rings. The standard InChI is InChI=1S/C4H6Br2O/c5-4(6)3-1-2-7-3/h3-4H,1-2H2. The van der Waals surface area contributed by atoms with Gasteiger partial charge in [-0.2, -0.15) is 0 Å². The van der Waals surface area contributed by atoms with Crippen LogP contribution in [0.1, 0.15) is 6.42 Å². The van der Waals surface area contributed by atoms with Gasteiger partial charge in [0.2, 0.25) is 0 Å². The first-order valence-electron chi connectivity index (χ1n) is 2.20. The third kappa shape index (κ3) is 1.40. The predicted octanol–water partition coefficient (Wildman–Crippen LogP) is 1.89. The summed E-state index contributed by atoms with van der Waals surface area (Å²) in [6.07, 6.45) is 1.60. The molecule has 1 unspecified atom stereocenters. The minimum atomic E-state index is 0.355. The molecule has 1 aliphatic rings. The van der Waals surface area contributed by atoms with E-state index in [-0.39, 0.29) is 0 Å². The highest BCUT2D eigenvalue weighted by Crippen LogP contribution is 2.24. The molecule has 1 fully saturated rings. The number of hydrogen-bond acceptors (Lipinski definition) is 1. The van der Waals surface area contributed by atoms with Crippen LogP contribution in [-0.4, -0.2) is 16.4 Å². The monoisotopic (exact) mass is 228 g/mol. The second kappa shape index (κ2) is 2.46. The summed E-state index contributed by atoms with van der Waals surface area (Å²) in [6.45, 7) is 0.929.